The van der Waals surface area contributed by atoms with Gasteiger partial charge in [-0.2, -0.15) is 5.10 Å². The standard InChI is InChI=1S/C16H25N3S/c1-9(2)8-19-15(17-18-16(19)20)14-12-4-10-3-11(6-12)7-13(14)5-10/h9-14H,3-8H2,1-2H3,(H,18,20). The summed E-state index contributed by atoms with van der Waals surface area (Å²) in [6, 6.07) is 0. The Hall–Kier alpha value is -0.640. The quantitative estimate of drug-likeness (QED) is 0.849. The summed E-state index contributed by atoms with van der Waals surface area (Å²) in [6.45, 7) is 5.53. The minimum absolute atomic E-state index is 0.620. The molecule has 4 bridgehead atoms. The van der Waals surface area contributed by atoms with E-state index in [1.807, 2.05) is 0 Å². The van der Waals surface area contributed by atoms with Crippen LogP contribution in [0, 0.1) is 34.4 Å². The Morgan fingerprint density at radius 1 is 1.15 bits per heavy atom. The molecule has 4 aliphatic rings. The van der Waals surface area contributed by atoms with Crippen molar-refractivity contribution in [3.8, 4) is 0 Å². The van der Waals surface area contributed by atoms with Crippen LogP contribution >= 0.6 is 12.2 Å². The first-order valence-corrected chi connectivity index (χ1v) is 8.67. The zero-order valence-electron chi connectivity index (χ0n) is 12.5. The molecule has 0 unspecified atom stereocenters. The van der Waals surface area contributed by atoms with Gasteiger partial charge in [0.2, 0.25) is 0 Å². The van der Waals surface area contributed by atoms with Gasteiger partial charge in [0, 0.05) is 12.5 Å². The lowest BCUT2D eigenvalue weighted by Gasteiger charge is -2.54. The van der Waals surface area contributed by atoms with E-state index in [0.717, 1.165) is 35.0 Å². The maximum Gasteiger partial charge on any atom is 0.195 e. The number of nitrogens with one attached hydrogen (secondary N) is 1. The Bertz CT molecular complexity index is 528. The van der Waals surface area contributed by atoms with Crippen molar-refractivity contribution in [2.75, 3.05) is 0 Å². The van der Waals surface area contributed by atoms with E-state index in [1.165, 1.54) is 37.9 Å². The van der Waals surface area contributed by atoms with Crippen LogP contribution in [0.15, 0.2) is 0 Å². The van der Waals surface area contributed by atoms with Crippen LogP contribution in [-0.4, -0.2) is 14.8 Å². The van der Waals surface area contributed by atoms with Crippen LogP contribution < -0.4 is 0 Å². The van der Waals surface area contributed by atoms with Gasteiger partial charge in [0.05, 0.1) is 0 Å². The third-order valence-electron chi connectivity index (χ3n) is 5.86. The predicted molar refractivity (Wildman–Crippen MR) is 82.0 cm³/mol. The second kappa shape index (κ2) is 4.69. The highest BCUT2D eigenvalue weighted by Gasteiger charge is 2.50. The van der Waals surface area contributed by atoms with Crippen molar-refractivity contribution < 1.29 is 0 Å². The van der Waals surface area contributed by atoms with Crippen LogP contribution in [0.2, 0.25) is 0 Å². The minimum atomic E-state index is 0.620. The van der Waals surface area contributed by atoms with E-state index < -0.39 is 0 Å². The van der Waals surface area contributed by atoms with Crippen LogP contribution in [0.3, 0.4) is 0 Å². The van der Waals surface area contributed by atoms with E-state index in [2.05, 4.69) is 28.6 Å². The summed E-state index contributed by atoms with van der Waals surface area (Å²) in [6.07, 6.45) is 7.29. The Labute approximate surface area is 126 Å². The Balaban J connectivity index is 1.69. The lowest BCUT2D eigenvalue weighted by molar-refractivity contribution is -0.00706. The molecule has 5 rings (SSSR count). The lowest BCUT2D eigenvalue weighted by Crippen LogP contribution is -2.44. The summed E-state index contributed by atoms with van der Waals surface area (Å²) in [4.78, 5) is 0. The van der Waals surface area contributed by atoms with Gasteiger partial charge < -0.3 is 4.57 Å². The topological polar surface area (TPSA) is 33.6 Å². The highest BCUT2D eigenvalue weighted by molar-refractivity contribution is 7.71. The van der Waals surface area contributed by atoms with Crippen molar-refractivity contribution in [2.45, 2.75) is 58.4 Å². The SMILES string of the molecule is CC(C)Cn1c(C2C3CC4CC(C3)CC2C4)n[nH]c1=S. The first kappa shape index (κ1) is 13.1. The van der Waals surface area contributed by atoms with Crippen LogP contribution in [0.1, 0.15) is 57.7 Å². The summed E-state index contributed by atoms with van der Waals surface area (Å²) in [7, 11) is 0. The molecule has 1 aromatic heterocycles. The molecule has 4 heteroatoms. The summed E-state index contributed by atoms with van der Waals surface area (Å²) in [5, 5.41) is 7.73. The minimum Gasteiger partial charge on any atom is -0.304 e. The molecule has 0 saturated heterocycles. The number of hydrogen-bond acceptors (Lipinski definition) is 2. The van der Waals surface area contributed by atoms with Gasteiger partial charge in [0.15, 0.2) is 4.77 Å². The van der Waals surface area contributed by atoms with E-state index in [0.29, 0.717) is 11.8 Å². The van der Waals surface area contributed by atoms with Gasteiger partial charge in [0.1, 0.15) is 5.82 Å². The van der Waals surface area contributed by atoms with Gasteiger partial charge in [0.25, 0.3) is 0 Å². The van der Waals surface area contributed by atoms with Crippen molar-refractivity contribution in [3.05, 3.63) is 10.6 Å². The molecule has 0 aromatic carbocycles. The fourth-order valence-electron chi connectivity index (χ4n) is 5.47. The van der Waals surface area contributed by atoms with E-state index in [1.54, 1.807) is 0 Å². The summed E-state index contributed by atoms with van der Waals surface area (Å²) >= 11 is 5.47. The Kier molecular flexibility index (Phi) is 3.06. The molecular weight excluding hydrogens is 266 g/mol. The number of aromatic nitrogens is 3. The summed E-state index contributed by atoms with van der Waals surface area (Å²) in [5.74, 6) is 6.37. The maximum absolute atomic E-state index is 5.47. The van der Waals surface area contributed by atoms with E-state index >= 15 is 0 Å². The van der Waals surface area contributed by atoms with Crippen molar-refractivity contribution in [1.82, 2.24) is 14.8 Å². The molecule has 0 spiro atoms. The summed E-state index contributed by atoms with van der Waals surface area (Å²) < 4.78 is 3.12. The lowest BCUT2D eigenvalue weighted by atomic mass is 9.51. The van der Waals surface area contributed by atoms with E-state index in [4.69, 9.17) is 12.2 Å². The first-order valence-electron chi connectivity index (χ1n) is 8.27. The molecule has 4 aliphatic carbocycles. The van der Waals surface area contributed by atoms with Crippen LogP contribution in [0.25, 0.3) is 0 Å². The monoisotopic (exact) mass is 291 g/mol. The maximum atomic E-state index is 5.47. The van der Waals surface area contributed by atoms with Crippen molar-refractivity contribution in [1.29, 1.82) is 0 Å². The highest BCUT2D eigenvalue weighted by Crippen LogP contribution is 2.59. The number of nitrogens with zero attached hydrogens (tertiary/aromatic N) is 2. The molecule has 0 aliphatic heterocycles. The number of aromatic amines is 1. The Morgan fingerprint density at radius 2 is 1.75 bits per heavy atom. The molecule has 0 atom stereocenters. The largest absolute Gasteiger partial charge is 0.304 e. The fourth-order valence-corrected chi connectivity index (χ4v) is 5.69. The van der Waals surface area contributed by atoms with E-state index in [-0.39, 0.29) is 0 Å². The van der Waals surface area contributed by atoms with Crippen LogP contribution in [-0.2, 0) is 6.54 Å². The summed E-state index contributed by atoms with van der Waals surface area (Å²) in [5.41, 5.74) is 0. The average Bonchev–Trinajstić information content (AvgIpc) is 2.70. The molecular formula is C16H25N3S. The zero-order chi connectivity index (χ0) is 13.9. The van der Waals surface area contributed by atoms with Gasteiger partial charge in [-0.05, 0) is 73.9 Å². The second-order valence-electron chi connectivity index (χ2n) is 7.85. The fraction of sp³-hybridized carbons (Fsp3) is 0.875. The molecule has 1 aromatic rings. The molecule has 1 N–H and O–H groups in total. The molecule has 4 fully saturated rings. The highest BCUT2D eigenvalue weighted by atomic mass is 32.1. The third kappa shape index (κ3) is 1.99. The second-order valence-corrected chi connectivity index (χ2v) is 8.23. The average molecular weight is 291 g/mol. The zero-order valence-corrected chi connectivity index (χ0v) is 13.3. The van der Waals surface area contributed by atoms with Gasteiger partial charge in [-0.3, -0.25) is 5.10 Å². The Morgan fingerprint density at radius 3 is 2.30 bits per heavy atom. The van der Waals surface area contributed by atoms with Gasteiger partial charge >= 0.3 is 0 Å². The number of rotatable bonds is 3. The van der Waals surface area contributed by atoms with Crippen LogP contribution in [0.5, 0.6) is 0 Å². The van der Waals surface area contributed by atoms with Gasteiger partial charge in [-0.25, -0.2) is 0 Å². The first-order chi connectivity index (χ1) is 9.61. The molecule has 1 heterocycles. The van der Waals surface area contributed by atoms with Crippen molar-refractivity contribution >= 4 is 12.2 Å². The molecule has 3 nitrogen and oxygen atoms in total. The molecule has 4 saturated carbocycles. The van der Waals surface area contributed by atoms with Gasteiger partial charge in [-0.1, -0.05) is 13.8 Å². The smallest absolute Gasteiger partial charge is 0.195 e. The third-order valence-corrected chi connectivity index (χ3v) is 6.17. The molecule has 110 valence electrons. The molecule has 20 heavy (non-hydrogen) atoms. The van der Waals surface area contributed by atoms with Gasteiger partial charge in [-0.15, -0.1) is 0 Å². The normalized spacial score (nSPS) is 38.9. The number of H-pyrrole nitrogens is 1. The van der Waals surface area contributed by atoms with Crippen molar-refractivity contribution in [2.24, 2.45) is 29.6 Å². The van der Waals surface area contributed by atoms with Crippen molar-refractivity contribution in [3.63, 3.8) is 0 Å². The van der Waals surface area contributed by atoms with Crippen LogP contribution in [0.4, 0.5) is 0 Å². The number of hydrogen-bond donors (Lipinski definition) is 1. The van der Waals surface area contributed by atoms with E-state index in [9.17, 15) is 0 Å². The molecule has 0 amide bonds. The molecule has 0 radical (unpaired) electrons. The predicted octanol–water partition coefficient (Wildman–Crippen LogP) is 4.14.